The SMILES string of the molecule is COCCNC(=O)CNS(=O)(=O)c1cc(N)cc(F)c1. The van der Waals surface area contributed by atoms with Gasteiger partial charge in [0, 0.05) is 19.3 Å². The molecule has 0 saturated heterocycles. The Morgan fingerprint density at radius 1 is 1.40 bits per heavy atom. The summed E-state index contributed by atoms with van der Waals surface area (Å²) in [6, 6.07) is 2.92. The van der Waals surface area contributed by atoms with Crippen molar-refractivity contribution in [1.29, 1.82) is 0 Å². The Morgan fingerprint density at radius 2 is 2.10 bits per heavy atom. The molecule has 7 nitrogen and oxygen atoms in total. The second-order valence-electron chi connectivity index (χ2n) is 3.89. The molecule has 0 unspecified atom stereocenters. The quantitative estimate of drug-likeness (QED) is 0.462. The zero-order chi connectivity index (χ0) is 15.2. The molecule has 9 heteroatoms. The number of nitrogen functional groups attached to an aromatic ring is 1. The number of carbonyl (C=O) groups is 1. The summed E-state index contributed by atoms with van der Waals surface area (Å²) in [4.78, 5) is 11.0. The summed E-state index contributed by atoms with van der Waals surface area (Å²) in [6.45, 7) is 0.130. The van der Waals surface area contributed by atoms with Crippen LogP contribution in [0, 0.1) is 5.82 Å². The molecule has 0 aliphatic heterocycles. The average Bonchev–Trinajstić information content (AvgIpc) is 2.36. The molecule has 1 aromatic rings. The number of sulfonamides is 1. The highest BCUT2D eigenvalue weighted by Gasteiger charge is 2.16. The summed E-state index contributed by atoms with van der Waals surface area (Å²) in [7, 11) is -2.52. The fourth-order valence-corrected chi connectivity index (χ4v) is 2.39. The number of amides is 1. The molecular weight excluding hydrogens is 289 g/mol. The van der Waals surface area contributed by atoms with Gasteiger partial charge >= 0.3 is 0 Å². The predicted molar refractivity (Wildman–Crippen MR) is 70.9 cm³/mol. The highest BCUT2D eigenvalue weighted by molar-refractivity contribution is 7.89. The van der Waals surface area contributed by atoms with Crippen LogP contribution < -0.4 is 15.8 Å². The monoisotopic (exact) mass is 305 g/mol. The van der Waals surface area contributed by atoms with Crippen molar-refractivity contribution in [2.75, 3.05) is 32.5 Å². The number of nitrogens with two attached hydrogens (primary N) is 1. The largest absolute Gasteiger partial charge is 0.399 e. The summed E-state index contributed by atoms with van der Waals surface area (Å²) in [5.74, 6) is -1.29. The van der Waals surface area contributed by atoms with Gasteiger partial charge in [-0.05, 0) is 18.2 Å². The molecule has 0 heterocycles. The first kappa shape index (κ1) is 16.3. The van der Waals surface area contributed by atoms with Crippen LogP contribution in [0.4, 0.5) is 10.1 Å². The van der Waals surface area contributed by atoms with Crippen molar-refractivity contribution in [2.45, 2.75) is 4.90 Å². The van der Waals surface area contributed by atoms with Crippen molar-refractivity contribution in [2.24, 2.45) is 0 Å². The lowest BCUT2D eigenvalue weighted by atomic mass is 10.3. The molecule has 1 rings (SSSR count). The maximum absolute atomic E-state index is 13.1. The Bertz CT molecular complexity index is 557. The number of ether oxygens (including phenoxy) is 1. The Labute approximate surface area is 116 Å². The first-order valence-corrected chi connectivity index (χ1v) is 7.15. The lowest BCUT2D eigenvalue weighted by Crippen LogP contribution is -2.38. The molecule has 112 valence electrons. The lowest BCUT2D eigenvalue weighted by Gasteiger charge is -2.08. The first-order valence-electron chi connectivity index (χ1n) is 5.66. The van der Waals surface area contributed by atoms with Gasteiger partial charge in [-0.1, -0.05) is 0 Å². The Kier molecular flexibility index (Phi) is 5.86. The van der Waals surface area contributed by atoms with Crippen molar-refractivity contribution in [3.8, 4) is 0 Å². The molecule has 0 aromatic heterocycles. The minimum atomic E-state index is -3.99. The second-order valence-corrected chi connectivity index (χ2v) is 5.65. The predicted octanol–water partition coefficient (Wildman–Crippen LogP) is -0.551. The third-order valence-corrected chi connectivity index (χ3v) is 3.64. The minimum absolute atomic E-state index is 0.0186. The van der Waals surface area contributed by atoms with Crippen LogP contribution in [0.25, 0.3) is 0 Å². The number of rotatable bonds is 7. The van der Waals surface area contributed by atoms with E-state index in [4.69, 9.17) is 10.5 Å². The number of benzene rings is 1. The Balaban J connectivity index is 2.64. The number of hydrogen-bond donors (Lipinski definition) is 3. The highest BCUT2D eigenvalue weighted by Crippen LogP contribution is 2.15. The molecule has 0 radical (unpaired) electrons. The van der Waals surface area contributed by atoms with E-state index in [2.05, 4.69) is 10.0 Å². The summed E-state index contributed by atoms with van der Waals surface area (Å²) in [5, 5.41) is 2.44. The van der Waals surface area contributed by atoms with Crippen LogP contribution in [0.3, 0.4) is 0 Å². The number of carbonyl (C=O) groups excluding carboxylic acids is 1. The van der Waals surface area contributed by atoms with Gasteiger partial charge in [0.2, 0.25) is 15.9 Å². The van der Waals surface area contributed by atoms with Crippen molar-refractivity contribution < 1.29 is 22.3 Å². The van der Waals surface area contributed by atoms with Crippen LogP contribution in [0.15, 0.2) is 23.1 Å². The van der Waals surface area contributed by atoms with Gasteiger partial charge in [-0.25, -0.2) is 17.5 Å². The summed E-state index contributed by atoms with van der Waals surface area (Å²) < 4.78 is 43.5. The molecule has 1 amide bonds. The first-order chi connectivity index (χ1) is 9.35. The zero-order valence-electron chi connectivity index (χ0n) is 10.8. The van der Waals surface area contributed by atoms with E-state index in [1.165, 1.54) is 7.11 Å². The normalized spacial score (nSPS) is 11.3. The van der Waals surface area contributed by atoms with E-state index >= 15 is 0 Å². The highest BCUT2D eigenvalue weighted by atomic mass is 32.2. The minimum Gasteiger partial charge on any atom is -0.399 e. The van der Waals surface area contributed by atoms with Crippen molar-refractivity contribution >= 4 is 21.6 Å². The molecule has 0 atom stereocenters. The number of halogens is 1. The number of methoxy groups -OCH3 is 1. The molecule has 0 spiro atoms. The maximum Gasteiger partial charge on any atom is 0.241 e. The van der Waals surface area contributed by atoms with Crippen LogP contribution in [-0.4, -0.2) is 41.1 Å². The van der Waals surface area contributed by atoms with Crippen LogP contribution >= 0.6 is 0 Å². The van der Waals surface area contributed by atoms with Crippen LogP contribution in [0.5, 0.6) is 0 Å². The Hall–Kier alpha value is -1.71. The molecule has 0 aliphatic carbocycles. The number of nitrogens with one attached hydrogen (secondary N) is 2. The fourth-order valence-electron chi connectivity index (χ4n) is 1.34. The standard InChI is InChI=1S/C11H16FN3O4S/c1-19-3-2-14-11(16)7-15-20(17,18)10-5-8(12)4-9(13)6-10/h4-6,15H,2-3,7,13H2,1H3,(H,14,16). The van der Waals surface area contributed by atoms with Gasteiger partial charge in [0.15, 0.2) is 0 Å². The van der Waals surface area contributed by atoms with E-state index in [0.717, 1.165) is 18.2 Å². The third kappa shape index (κ3) is 5.11. The van der Waals surface area contributed by atoms with Gasteiger partial charge in [0.25, 0.3) is 0 Å². The van der Waals surface area contributed by atoms with Crippen LogP contribution in [0.1, 0.15) is 0 Å². The van der Waals surface area contributed by atoms with E-state index in [-0.39, 0.29) is 17.1 Å². The van der Waals surface area contributed by atoms with Gasteiger partial charge in [0.1, 0.15) is 5.82 Å². The van der Waals surface area contributed by atoms with Crippen LogP contribution in [0.2, 0.25) is 0 Å². The fraction of sp³-hybridized carbons (Fsp3) is 0.364. The van der Waals surface area contributed by atoms with E-state index in [1.807, 2.05) is 0 Å². The molecule has 0 aliphatic rings. The topological polar surface area (TPSA) is 111 Å². The smallest absolute Gasteiger partial charge is 0.241 e. The van der Waals surface area contributed by atoms with Gasteiger partial charge in [-0.3, -0.25) is 4.79 Å². The molecule has 20 heavy (non-hydrogen) atoms. The number of anilines is 1. The van der Waals surface area contributed by atoms with Crippen molar-refractivity contribution in [3.63, 3.8) is 0 Å². The van der Waals surface area contributed by atoms with Gasteiger partial charge in [0.05, 0.1) is 18.0 Å². The molecular formula is C11H16FN3O4S. The average molecular weight is 305 g/mol. The van der Waals surface area contributed by atoms with Crippen LogP contribution in [-0.2, 0) is 19.6 Å². The molecule has 0 saturated carbocycles. The maximum atomic E-state index is 13.1. The van der Waals surface area contributed by atoms with Gasteiger partial charge in [-0.2, -0.15) is 0 Å². The lowest BCUT2D eigenvalue weighted by molar-refractivity contribution is -0.120. The van der Waals surface area contributed by atoms with E-state index < -0.39 is 28.3 Å². The summed E-state index contributed by atoms with van der Waals surface area (Å²) in [6.07, 6.45) is 0. The van der Waals surface area contributed by atoms with Crippen molar-refractivity contribution in [1.82, 2.24) is 10.0 Å². The van der Waals surface area contributed by atoms with E-state index in [0.29, 0.717) is 6.61 Å². The molecule has 1 aromatic carbocycles. The van der Waals surface area contributed by atoms with E-state index in [9.17, 15) is 17.6 Å². The van der Waals surface area contributed by atoms with Gasteiger partial charge in [-0.15, -0.1) is 0 Å². The third-order valence-electron chi connectivity index (χ3n) is 2.26. The number of hydrogen-bond acceptors (Lipinski definition) is 5. The summed E-state index contributed by atoms with van der Waals surface area (Å²) in [5.41, 5.74) is 5.35. The molecule has 0 fully saturated rings. The second kappa shape index (κ2) is 7.17. The molecule has 0 bridgehead atoms. The van der Waals surface area contributed by atoms with Crippen molar-refractivity contribution in [3.05, 3.63) is 24.0 Å². The summed E-state index contributed by atoms with van der Waals surface area (Å²) >= 11 is 0. The van der Waals surface area contributed by atoms with Gasteiger partial charge < -0.3 is 15.8 Å². The molecule has 4 N–H and O–H groups in total. The van der Waals surface area contributed by atoms with E-state index in [1.54, 1.807) is 0 Å². The zero-order valence-corrected chi connectivity index (χ0v) is 11.7. The Morgan fingerprint density at radius 3 is 2.70 bits per heavy atom.